The Morgan fingerprint density at radius 2 is 1.94 bits per heavy atom. The van der Waals surface area contributed by atoms with E-state index in [-0.39, 0.29) is 35.0 Å². The summed E-state index contributed by atoms with van der Waals surface area (Å²) in [5.74, 6) is -0.594. The minimum Gasteiger partial charge on any atom is -0.330 e. The molecule has 0 aliphatic carbocycles. The van der Waals surface area contributed by atoms with E-state index in [9.17, 15) is 18.0 Å². The molecule has 0 saturated carbocycles. The van der Waals surface area contributed by atoms with Crippen LogP contribution in [0.5, 0.6) is 0 Å². The van der Waals surface area contributed by atoms with Crippen LogP contribution in [0.25, 0.3) is 0 Å². The molecule has 0 aliphatic rings. The number of anilines is 1. The highest BCUT2D eigenvalue weighted by Gasteiger charge is 2.29. The highest BCUT2D eigenvalue weighted by molar-refractivity contribution is 8.00. The lowest BCUT2D eigenvalue weighted by Gasteiger charge is -2.10. The van der Waals surface area contributed by atoms with Gasteiger partial charge in [0.1, 0.15) is 0 Å². The van der Waals surface area contributed by atoms with Gasteiger partial charge in [0.05, 0.1) is 0 Å². The zero-order valence-corrected chi connectivity index (χ0v) is 10.4. The Balaban J connectivity index is 2.63. The van der Waals surface area contributed by atoms with Crippen LogP contribution in [0, 0.1) is 5.92 Å². The molecule has 0 bridgehead atoms. The quantitative estimate of drug-likeness (QED) is 0.833. The highest BCUT2D eigenvalue weighted by atomic mass is 32.2. The van der Waals surface area contributed by atoms with Crippen LogP contribution in [-0.2, 0) is 4.79 Å². The van der Waals surface area contributed by atoms with Gasteiger partial charge in [-0.25, -0.2) is 0 Å². The standard InChI is InChI=1S/C11H13F3N2OS/c1-7(6-15)10(17)16-8-2-4-9(5-3-8)18-11(12,13)14/h2-5,7H,6,15H2,1H3,(H,16,17). The first-order valence-corrected chi connectivity index (χ1v) is 6.00. The predicted octanol–water partition coefficient (Wildman–Crippen LogP) is 2.83. The number of hydrogen-bond donors (Lipinski definition) is 2. The van der Waals surface area contributed by atoms with Gasteiger partial charge in [-0.15, -0.1) is 0 Å². The van der Waals surface area contributed by atoms with Gasteiger partial charge in [-0.1, -0.05) is 6.92 Å². The van der Waals surface area contributed by atoms with Crippen molar-refractivity contribution in [1.82, 2.24) is 0 Å². The Kier molecular flexibility index (Phi) is 5.03. The molecule has 0 spiro atoms. The first kappa shape index (κ1) is 14.8. The van der Waals surface area contributed by atoms with E-state index in [4.69, 9.17) is 5.73 Å². The van der Waals surface area contributed by atoms with E-state index in [0.29, 0.717) is 5.69 Å². The van der Waals surface area contributed by atoms with Crippen molar-refractivity contribution in [2.75, 3.05) is 11.9 Å². The van der Waals surface area contributed by atoms with Gasteiger partial charge in [0, 0.05) is 23.0 Å². The van der Waals surface area contributed by atoms with Gasteiger partial charge in [0.2, 0.25) is 5.91 Å². The fraction of sp³-hybridized carbons (Fsp3) is 0.364. The van der Waals surface area contributed by atoms with Crippen molar-refractivity contribution in [3.63, 3.8) is 0 Å². The summed E-state index contributed by atoms with van der Waals surface area (Å²) in [6, 6.07) is 5.46. The molecule has 7 heteroatoms. The van der Waals surface area contributed by atoms with Crippen molar-refractivity contribution in [3.8, 4) is 0 Å². The molecule has 1 atom stereocenters. The second-order valence-corrected chi connectivity index (χ2v) is 4.84. The SMILES string of the molecule is CC(CN)C(=O)Nc1ccc(SC(F)(F)F)cc1. The predicted molar refractivity (Wildman–Crippen MR) is 65.2 cm³/mol. The van der Waals surface area contributed by atoms with E-state index >= 15 is 0 Å². The molecule has 1 unspecified atom stereocenters. The molecular weight excluding hydrogens is 265 g/mol. The fourth-order valence-electron chi connectivity index (χ4n) is 1.11. The number of hydrogen-bond acceptors (Lipinski definition) is 3. The van der Waals surface area contributed by atoms with E-state index in [1.165, 1.54) is 24.3 Å². The maximum Gasteiger partial charge on any atom is 0.446 e. The monoisotopic (exact) mass is 278 g/mol. The number of nitrogens with two attached hydrogens (primary N) is 1. The number of carbonyl (C=O) groups excluding carboxylic acids is 1. The van der Waals surface area contributed by atoms with Gasteiger partial charge in [-0.2, -0.15) is 13.2 Å². The lowest BCUT2D eigenvalue weighted by molar-refractivity contribution is -0.119. The maximum absolute atomic E-state index is 12.1. The summed E-state index contributed by atoms with van der Waals surface area (Å²) in [6.45, 7) is 1.89. The molecule has 0 fully saturated rings. The number of halogens is 3. The second kappa shape index (κ2) is 6.10. The van der Waals surface area contributed by atoms with Crippen LogP contribution in [0.3, 0.4) is 0 Å². The Hall–Kier alpha value is -1.21. The summed E-state index contributed by atoms with van der Waals surface area (Å²) >= 11 is -0.194. The third-order valence-electron chi connectivity index (χ3n) is 2.16. The van der Waals surface area contributed by atoms with Crippen LogP contribution in [0.4, 0.5) is 18.9 Å². The lowest BCUT2D eigenvalue weighted by atomic mass is 10.1. The van der Waals surface area contributed by atoms with Crippen molar-refractivity contribution < 1.29 is 18.0 Å². The zero-order chi connectivity index (χ0) is 13.8. The molecule has 1 rings (SSSR count). The molecule has 0 radical (unpaired) electrons. The number of benzene rings is 1. The van der Waals surface area contributed by atoms with E-state index < -0.39 is 5.51 Å². The maximum atomic E-state index is 12.1. The molecule has 1 aromatic rings. The van der Waals surface area contributed by atoms with Gasteiger partial charge in [-0.05, 0) is 36.0 Å². The minimum absolute atomic E-state index is 0.0763. The van der Waals surface area contributed by atoms with Crippen LogP contribution in [0.15, 0.2) is 29.2 Å². The first-order chi connectivity index (χ1) is 8.31. The van der Waals surface area contributed by atoms with E-state index in [0.717, 1.165) is 0 Å². The Labute approximate surface area is 107 Å². The van der Waals surface area contributed by atoms with Crippen molar-refractivity contribution >= 4 is 23.4 Å². The molecule has 0 aliphatic heterocycles. The van der Waals surface area contributed by atoms with Crippen molar-refractivity contribution in [3.05, 3.63) is 24.3 Å². The molecule has 100 valence electrons. The van der Waals surface area contributed by atoms with Crippen molar-refractivity contribution in [2.24, 2.45) is 11.7 Å². The summed E-state index contributed by atoms with van der Waals surface area (Å²) in [7, 11) is 0. The third kappa shape index (κ3) is 4.97. The zero-order valence-electron chi connectivity index (χ0n) is 9.62. The summed E-state index contributed by atoms with van der Waals surface area (Å²) in [4.78, 5) is 11.6. The Bertz CT molecular complexity index is 406. The van der Waals surface area contributed by atoms with E-state index in [1.54, 1.807) is 6.92 Å². The van der Waals surface area contributed by atoms with Gasteiger partial charge in [0.15, 0.2) is 0 Å². The molecular formula is C11H13F3N2OS. The number of carbonyl (C=O) groups is 1. The normalized spacial score (nSPS) is 13.2. The van der Waals surface area contributed by atoms with Gasteiger partial charge >= 0.3 is 5.51 Å². The van der Waals surface area contributed by atoms with E-state index in [2.05, 4.69) is 5.32 Å². The first-order valence-electron chi connectivity index (χ1n) is 5.18. The average molecular weight is 278 g/mol. The highest BCUT2D eigenvalue weighted by Crippen LogP contribution is 2.36. The van der Waals surface area contributed by atoms with Crippen LogP contribution >= 0.6 is 11.8 Å². The minimum atomic E-state index is -4.31. The molecule has 1 amide bonds. The molecule has 0 saturated heterocycles. The lowest BCUT2D eigenvalue weighted by Crippen LogP contribution is -2.26. The van der Waals surface area contributed by atoms with Crippen LogP contribution in [-0.4, -0.2) is 18.0 Å². The summed E-state index contributed by atoms with van der Waals surface area (Å²) in [6.07, 6.45) is 0. The number of alkyl halides is 3. The molecule has 0 aromatic heterocycles. The molecule has 3 N–H and O–H groups in total. The number of rotatable bonds is 4. The molecule has 1 aromatic carbocycles. The molecule has 3 nitrogen and oxygen atoms in total. The summed E-state index contributed by atoms with van der Waals surface area (Å²) in [5, 5.41) is 2.57. The van der Waals surface area contributed by atoms with Crippen molar-refractivity contribution in [1.29, 1.82) is 0 Å². The number of thioether (sulfide) groups is 1. The summed E-state index contributed by atoms with van der Waals surface area (Å²) in [5.41, 5.74) is 1.47. The van der Waals surface area contributed by atoms with Gasteiger partial charge in [0.25, 0.3) is 0 Å². The molecule has 18 heavy (non-hydrogen) atoms. The third-order valence-corrected chi connectivity index (χ3v) is 2.90. The fourth-order valence-corrected chi connectivity index (χ4v) is 1.65. The number of nitrogens with one attached hydrogen (secondary N) is 1. The van der Waals surface area contributed by atoms with Gasteiger partial charge < -0.3 is 11.1 Å². The van der Waals surface area contributed by atoms with Crippen LogP contribution in [0.1, 0.15) is 6.92 Å². The average Bonchev–Trinajstić information content (AvgIpc) is 2.28. The number of amides is 1. The Morgan fingerprint density at radius 1 is 1.39 bits per heavy atom. The van der Waals surface area contributed by atoms with E-state index in [1.807, 2.05) is 0 Å². The van der Waals surface area contributed by atoms with Crippen molar-refractivity contribution in [2.45, 2.75) is 17.3 Å². The van der Waals surface area contributed by atoms with Crippen LogP contribution < -0.4 is 11.1 Å². The molecule has 0 heterocycles. The van der Waals surface area contributed by atoms with Crippen LogP contribution in [0.2, 0.25) is 0 Å². The largest absolute Gasteiger partial charge is 0.446 e. The topological polar surface area (TPSA) is 55.1 Å². The second-order valence-electron chi connectivity index (χ2n) is 3.70. The Morgan fingerprint density at radius 3 is 2.39 bits per heavy atom. The summed E-state index contributed by atoms with van der Waals surface area (Å²) < 4.78 is 36.2. The smallest absolute Gasteiger partial charge is 0.330 e. The van der Waals surface area contributed by atoms with Gasteiger partial charge in [-0.3, -0.25) is 4.79 Å².